The van der Waals surface area contributed by atoms with E-state index in [1.54, 1.807) is 11.8 Å². The van der Waals surface area contributed by atoms with Gasteiger partial charge in [-0.25, -0.2) is 17.5 Å². The van der Waals surface area contributed by atoms with E-state index in [1.807, 2.05) is 0 Å². The lowest BCUT2D eigenvalue weighted by Gasteiger charge is -2.22. The van der Waals surface area contributed by atoms with Gasteiger partial charge in [-0.1, -0.05) is 0 Å². The van der Waals surface area contributed by atoms with Gasteiger partial charge in [-0.3, -0.25) is 0 Å². The third-order valence-corrected chi connectivity index (χ3v) is 5.48. The number of sulfonamides is 1. The van der Waals surface area contributed by atoms with Crippen LogP contribution in [0.5, 0.6) is 0 Å². The topological polar surface area (TPSA) is 72.2 Å². The molecule has 2 rings (SSSR count). The Bertz CT molecular complexity index is 528. The average molecular weight is 290 g/mol. The SMILES string of the molecule is Nc1ccc(F)c(S(=O)(=O)NC2CCCSC2)c1. The summed E-state index contributed by atoms with van der Waals surface area (Å²) in [5.74, 6) is 0.994. The second kappa shape index (κ2) is 5.46. The molecule has 4 nitrogen and oxygen atoms in total. The number of nitrogens with one attached hydrogen (secondary N) is 1. The molecule has 0 radical (unpaired) electrons. The Hall–Kier alpha value is -0.790. The quantitative estimate of drug-likeness (QED) is 0.829. The van der Waals surface area contributed by atoms with Gasteiger partial charge >= 0.3 is 0 Å². The summed E-state index contributed by atoms with van der Waals surface area (Å²) in [6.45, 7) is 0. The Morgan fingerprint density at radius 2 is 2.22 bits per heavy atom. The number of hydrogen-bond donors (Lipinski definition) is 2. The smallest absolute Gasteiger partial charge is 0.243 e. The first-order valence-electron chi connectivity index (χ1n) is 5.64. The molecule has 1 aliphatic heterocycles. The Kier molecular flexibility index (Phi) is 4.14. The lowest BCUT2D eigenvalue weighted by atomic mass is 10.2. The van der Waals surface area contributed by atoms with E-state index < -0.39 is 15.8 Å². The Balaban J connectivity index is 2.21. The highest BCUT2D eigenvalue weighted by molar-refractivity contribution is 7.99. The van der Waals surface area contributed by atoms with Crippen molar-refractivity contribution >= 4 is 27.5 Å². The lowest BCUT2D eigenvalue weighted by Crippen LogP contribution is -2.38. The van der Waals surface area contributed by atoms with Crippen molar-refractivity contribution in [3.63, 3.8) is 0 Å². The fourth-order valence-corrected chi connectivity index (χ4v) is 4.40. The van der Waals surface area contributed by atoms with E-state index in [2.05, 4.69) is 4.72 Å². The number of benzene rings is 1. The molecule has 3 N–H and O–H groups in total. The van der Waals surface area contributed by atoms with Crippen LogP contribution in [-0.4, -0.2) is 26.0 Å². The van der Waals surface area contributed by atoms with Gasteiger partial charge in [0.25, 0.3) is 0 Å². The van der Waals surface area contributed by atoms with Crippen LogP contribution in [0.1, 0.15) is 12.8 Å². The molecule has 0 saturated carbocycles. The second-order valence-electron chi connectivity index (χ2n) is 4.23. The summed E-state index contributed by atoms with van der Waals surface area (Å²) in [5.41, 5.74) is 5.73. The van der Waals surface area contributed by atoms with Gasteiger partial charge in [-0.15, -0.1) is 0 Å². The van der Waals surface area contributed by atoms with Gasteiger partial charge in [-0.05, 0) is 36.8 Å². The van der Waals surface area contributed by atoms with Crippen LogP contribution in [-0.2, 0) is 10.0 Å². The van der Waals surface area contributed by atoms with Crippen LogP contribution in [0.15, 0.2) is 23.1 Å². The van der Waals surface area contributed by atoms with Crippen LogP contribution in [0.4, 0.5) is 10.1 Å². The van der Waals surface area contributed by atoms with Crippen LogP contribution in [0.25, 0.3) is 0 Å². The van der Waals surface area contributed by atoms with Crippen LogP contribution < -0.4 is 10.5 Å². The normalized spacial score (nSPS) is 20.8. The molecule has 1 aliphatic rings. The molecule has 1 unspecified atom stereocenters. The number of nitrogens with two attached hydrogens (primary N) is 1. The zero-order valence-corrected chi connectivity index (χ0v) is 11.4. The average Bonchev–Trinajstić information content (AvgIpc) is 2.33. The monoisotopic (exact) mass is 290 g/mol. The molecule has 100 valence electrons. The number of hydrogen-bond acceptors (Lipinski definition) is 4. The molecule has 0 aliphatic carbocycles. The molecule has 1 heterocycles. The van der Waals surface area contributed by atoms with E-state index in [0.717, 1.165) is 36.5 Å². The highest BCUT2D eigenvalue weighted by atomic mass is 32.2. The van der Waals surface area contributed by atoms with Crippen molar-refractivity contribution in [2.75, 3.05) is 17.2 Å². The minimum Gasteiger partial charge on any atom is -0.399 e. The highest BCUT2D eigenvalue weighted by Gasteiger charge is 2.24. The Labute approximate surface area is 110 Å². The molecule has 1 saturated heterocycles. The van der Waals surface area contributed by atoms with Crippen molar-refractivity contribution in [1.29, 1.82) is 0 Å². The predicted octanol–water partition coefficient (Wildman–Crippen LogP) is 1.58. The highest BCUT2D eigenvalue weighted by Crippen LogP contribution is 2.21. The maximum absolute atomic E-state index is 13.5. The summed E-state index contributed by atoms with van der Waals surface area (Å²) >= 11 is 1.70. The molecular weight excluding hydrogens is 275 g/mol. The minimum absolute atomic E-state index is 0.130. The Morgan fingerprint density at radius 3 is 2.89 bits per heavy atom. The summed E-state index contributed by atoms with van der Waals surface area (Å²) < 4.78 is 40.2. The molecular formula is C11H15FN2O2S2. The first-order valence-corrected chi connectivity index (χ1v) is 8.28. The maximum Gasteiger partial charge on any atom is 0.243 e. The van der Waals surface area contributed by atoms with Gasteiger partial charge in [0.2, 0.25) is 10.0 Å². The van der Waals surface area contributed by atoms with Crippen molar-refractivity contribution in [3.05, 3.63) is 24.0 Å². The molecule has 1 aromatic carbocycles. The number of halogens is 1. The first-order chi connectivity index (χ1) is 8.49. The van der Waals surface area contributed by atoms with Crippen LogP contribution in [0.3, 0.4) is 0 Å². The molecule has 0 spiro atoms. The zero-order chi connectivity index (χ0) is 13.2. The number of nitrogen functional groups attached to an aromatic ring is 1. The summed E-state index contributed by atoms with van der Waals surface area (Å²) in [6, 6.07) is 3.42. The second-order valence-corrected chi connectivity index (χ2v) is 7.06. The largest absolute Gasteiger partial charge is 0.399 e. The third-order valence-electron chi connectivity index (χ3n) is 2.73. The zero-order valence-electron chi connectivity index (χ0n) is 9.73. The number of rotatable bonds is 3. The summed E-state index contributed by atoms with van der Waals surface area (Å²) in [4.78, 5) is -0.377. The number of thioether (sulfide) groups is 1. The van der Waals surface area contributed by atoms with Gasteiger partial charge in [0, 0.05) is 17.5 Å². The van der Waals surface area contributed by atoms with Crippen molar-refractivity contribution in [2.45, 2.75) is 23.8 Å². The van der Waals surface area contributed by atoms with Crippen molar-refractivity contribution in [3.8, 4) is 0 Å². The Morgan fingerprint density at radius 1 is 1.44 bits per heavy atom. The van der Waals surface area contributed by atoms with Crippen LogP contribution >= 0.6 is 11.8 Å². The summed E-state index contributed by atoms with van der Waals surface area (Å²) in [7, 11) is -3.83. The van der Waals surface area contributed by atoms with Crippen molar-refractivity contribution in [1.82, 2.24) is 4.72 Å². The van der Waals surface area contributed by atoms with Crippen LogP contribution in [0, 0.1) is 5.82 Å². The van der Waals surface area contributed by atoms with E-state index in [9.17, 15) is 12.8 Å². The van der Waals surface area contributed by atoms with E-state index in [-0.39, 0.29) is 16.6 Å². The van der Waals surface area contributed by atoms with Gasteiger partial charge in [0.05, 0.1) is 0 Å². The standard InChI is InChI=1S/C11H15FN2O2S2/c12-10-4-3-8(13)6-11(10)18(15,16)14-9-2-1-5-17-7-9/h3-4,6,9,14H,1-2,5,7,13H2. The minimum atomic E-state index is -3.83. The van der Waals surface area contributed by atoms with Gasteiger partial charge in [-0.2, -0.15) is 11.8 Å². The predicted molar refractivity (Wildman–Crippen MR) is 71.5 cm³/mol. The maximum atomic E-state index is 13.5. The molecule has 1 atom stereocenters. The molecule has 7 heteroatoms. The molecule has 0 bridgehead atoms. The van der Waals surface area contributed by atoms with Gasteiger partial charge in [0.1, 0.15) is 10.7 Å². The number of anilines is 1. The molecule has 18 heavy (non-hydrogen) atoms. The molecule has 1 fully saturated rings. The molecule has 1 aromatic rings. The van der Waals surface area contributed by atoms with Gasteiger partial charge < -0.3 is 5.73 Å². The van der Waals surface area contributed by atoms with Crippen LogP contribution in [0.2, 0.25) is 0 Å². The third kappa shape index (κ3) is 3.15. The summed E-state index contributed by atoms with van der Waals surface area (Å²) in [5, 5.41) is 0. The van der Waals surface area contributed by atoms with Crippen molar-refractivity contribution in [2.24, 2.45) is 0 Å². The van der Waals surface area contributed by atoms with E-state index in [4.69, 9.17) is 5.73 Å². The van der Waals surface area contributed by atoms with Crippen molar-refractivity contribution < 1.29 is 12.8 Å². The fraction of sp³-hybridized carbons (Fsp3) is 0.455. The molecule has 0 aromatic heterocycles. The summed E-state index contributed by atoms with van der Waals surface area (Å²) in [6.07, 6.45) is 1.76. The van der Waals surface area contributed by atoms with E-state index >= 15 is 0 Å². The lowest BCUT2D eigenvalue weighted by molar-refractivity contribution is 0.531. The van der Waals surface area contributed by atoms with E-state index in [1.165, 1.54) is 6.07 Å². The van der Waals surface area contributed by atoms with E-state index in [0.29, 0.717) is 0 Å². The molecule has 0 amide bonds. The van der Waals surface area contributed by atoms with Gasteiger partial charge in [0.15, 0.2) is 0 Å². The first kappa shape index (κ1) is 13.6. The fourth-order valence-electron chi connectivity index (χ4n) is 1.84.